The molecule has 3 aliphatic heterocycles. The van der Waals surface area contributed by atoms with Crippen molar-refractivity contribution in [3.05, 3.63) is 58.5 Å². The maximum atomic E-state index is 15.3. The van der Waals surface area contributed by atoms with E-state index in [-0.39, 0.29) is 47.9 Å². The van der Waals surface area contributed by atoms with Gasteiger partial charge in [0.05, 0.1) is 36.6 Å². The van der Waals surface area contributed by atoms with E-state index >= 15 is 4.39 Å². The fraction of sp³-hybridized carbons (Fsp3) is 0.475. The molecule has 3 aromatic rings. The Morgan fingerprint density at radius 2 is 1.74 bits per heavy atom. The number of fused-ring (bicyclic) bond motifs is 1. The molecule has 2 fully saturated rings. The highest BCUT2D eigenvalue weighted by Crippen LogP contribution is 2.38. The summed E-state index contributed by atoms with van der Waals surface area (Å²) in [6.45, 7) is 4.04. The first-order valence-corrected chi connectivity index (χ1v) is 20.3. The highest BCUT2D eigenvalue weighted by Gasteiger charge is 2.46. The molecule has 18 heteroatoms. The van der Waals surface area contributed by atoms with Gasteiger partial charge < -0.3 is 29.7 Å². The molecule has 0 aliphatic carbocycles. The maximum absolute atomic E-state index is 15.3. The molecule has 3 aliphatic rings. The highest BCUT2D eigenvalue weighted by molar-refractivity contribution is 7.14. The molecule has 2 saturated heterocycles. The Hall–Kier alpha value is -5.49. The van der Waals surface area contributed by atoms with Crippen LogP contribution in [0.25, 0.3) is 11.3 Å². The molecule has 0 radical (unpaired) electrons. The number of amides is 6. The van der Waals surface area contributed by atoms with Crippen molar-refractivity contribution in [1.29, 1.82) is 0 Å². The van der Waals surface area contributed by atoms with E-state index in [0.29, 0.717) is 63.4 Å². The van der Waals surface area contributed by atoms with Crippen LogP contribution < -0.4 is 30.3 Å². The van der Waals surface area contributed by atoms with Gasteiger partial charge in [-0.25, -0.2) is 9.37 Å². The number of rotatable bonds is 19. The zero-order valence-electron chi connectivity index (χ0n) is 32.1. The zero-order chi connectivity index (χ0) is 41.2. The van der Waals surface area contributed by atoms with Gasteiger partial charge in [-0.05, 0) is 49.9 Å². The highest BCUT2D eigenvalue weighted by atomic mass is 32.1. The lowest BCUT2D eigenvalue weighted by Crippen LogP contribution is -2.54. The number of imide groups is 2. The van der Waals surface area contributed by atoms with Crippen LogP contribution in [0.1, 0.15) is 85.4 Å². The molecule has 4 heterocycles. The van der Waals surface area contributed by atoms with Gasteiger partial charge >= 0.3 is 0 Å². The number of nitrogens with one attached hydrogen (secondary N) is 3. The summed E-state index contributed by atoms with van der Waals surface area (Å²) in [6, 6.07) is 5.84. The number of hydrogen-bond acceptors (Lipinski definition) is 12. The van der Waals surface area contributed by atoms with Crippen molar-refractivity contribution in [2.45, 2.75) is 76.9 Å². The number of thiazole rings is 1. The monoisotopic (exact) mass is 824 g/mol. The molecular weight excluding hydrogens is 779 g/mol. The Morgan fingerprint density at radius 3 is 2.50 bits per heavy atom. The molecular formula is C40H46F2N6O9S. The van der Waals surface area contributed by atoms with Gasteiger partial charge in [0.1, 0.15) is 17.9 Å². The summed E-state index contributed by atoms with van der Waals surface area (Å²) in [6.07, 6.45) is 4.75. The van der Waals surface area contributed by atoms with E-state index in [9.17, 15) is 33.2 Å². The number of carbonyl (C=O) groups excluding carboxylic acids is 6. The molecule has 3 N–H and O–H groups in total. The van der Waals surface area contributed by atoms with Crippen molar-refractivity contribution in [3.63, 3.8) is 0 Å². The first-order chi connectivity index (χ1) is 28.0. The lowest BCUT2D eigenvalue weighted by molar-refractivity contribution is -0.136. The minimum Gasteiger partial charge on any atom is -0.485 e. The van der Waals surface area contributed by atoms with E-state index in [0.717, 1.165) is 41.8 Å². The molecule has 310 valence electrons. The number of unbranched alkanes of at least 4 members (excludes halogenated alkanes) is 5. The van der Waals surface area contributed by atoms with E-state index in [1.165, 1.54) is 42.5 Å². The van der Waals surface area contributed by atoms with Crippen LogP contribution in [0.2, 0.25) is 0 Å². The van der Waals surface area contributed by atoms with Gasteiger partial charge in [0.15, 0.2) is 23.3 Å². The predicted octanol–water partition coefficient (Wildman–Crippen LogP) is 4.14. The summed E-state index contributed by atoms with van der Waals surface area (Å²) in [4.78, 5) is 82.1. The van der Waals surface area contributed by atoms with Gasteiger partial charge in [0.25, 0.3) is 17.7 Å². The Labute approximate surface area is 337 Å². The number of ether oxygens (including phenoxy) is 3. The molecule has 6 rings (SSSR count). The number of carbonyl (C=O) groups is 6. The minimum atomic E-state index is -1.11. The topological polar surface area (TPSA) is 186 Å². The van der Waals surface area contributed by atoms with E-state index in [1.807, 2.05) is 0 Å². The van der Waals surface area contributed by atoms with Gasteiger partial charge in [-0.3, -0.25) is 39.0 Å². The fourth-order valence-corrected chi connectivity index (χ4v) is 7.87. The largest absolute Gasteiger partial charge is 0.485 e. The second-order valence-corrected chi connectivity index (χ2v) is 15.0. The second-order valence-electron chi connectivity index (χ2n) is 14.2. The van der Waals surface area contributed by atoms with Crippen LogP contribution in [0.5, 0.6) is 11.5 Å². The van der Waals surface area contributed by atoms with Gasteiger partial charge in [0.2, 0.25) is 23.5 Å². The van der Waals surface area contributed by atoms with E-state index in [1.54, 1.807) is 5.38 Å². The van der Waals surface area contributed by atoms with Crippen LogP contribution in [-0.2, 0) is 23.9 Å². The maximum Gasteiger partial charge on any atom is 0.266 e. The van der Waals surface area contributed by atoms with Crippen molar-refractivity contribution >= 4 is 51.9 Å². The summed E-state index contributed by atoms with van der Waals surface area (Å²) in [5.74, 6) is -5.60. The first-order valence-electron chi connectivity index (χ1n) is 19.4. The van der Waals surface area contributed by atoms with Crippen molar-refractivity contribution in [1.82, 2.24) is 25.8 Å². The Balaban J connectivity index is 0.915. The molecule has 6 amide bonds. The number of piperidine rings is 1. The van der Waals surface area contributed by atoms with Gasteiger partial charge in [0, 0.05) is 43.9 Å². The number of halogens is 2. The third-order valence-electron chi connectivity index (χ3n) is 10.0. The fourth-order valence-electron chi connectivity index (χ4n) is 6.99. The van der Waals surface area contributed by atoms with Gasteiger partial charge in [-0.1, -0.05) is 31.7 Å². The van der Waals surface area contributed by atoms with Crippen LogP contribution in [-0.4, -0.2) is 103 Å². The summed E-state index contributed by atoms with van der Waals surface area (Å²) < 4.78 is 46.9. The molecule has 2 aromatic carbocycles. The Bertz CT molecular complexity index is 2020. The molecule has 15 nitrogen and oxygen atoms in total. The molecule has 0 saturated carbocycles. The number of benzene rings is 2. The summed E-state index contributed by atoms with van der Waals surface area (Å²) >= 11 is 1.41. The van der Waals surface area contributed by atoms with E-state index in [2.05, 4.69) is 25.8 Å². The molecule has 0 bridgehead atoms. The number of anilines is 1. The molecule has 58 heavy (non-hydrogen) atoms. The molecule has 0 spiro atoms. The number of hydrogen-bond donors (Lipinski definition) is 3. The summed E-state index contributed by atoms with van der Waals surface area (Å²) in [7, 11) is 0. The van der Waals surface area contributed by atoms with E-state index in [4.69, 9.17) is 14.2 Å². The summed E-state index contributed by atoms with van der Waals surface area (Å²) in [5, 5.41) is 10.2. The minimum absolute atomic E-state index is 0.000279. The average Bonchev–Trinajstić information content (AvgIpc) is 3.80. The van der Waals surface area contributed by atoms with Crippen LogP contribution >= 0.6 is 11.3 Å². The van der Waals surface area contributed by atoms with Gasteiger partial charge in [-0.15, -0.1) is 11.3 Å². The normalized spacial score (nSPS) is 17.2. The smallest absolute Gasteiger partial charge is 0.266 e. The number of aromatic nitrogens is 1. The van der Waals surface area contributed by atoms with E-state index < -0.39 is 59.9 Å². The third-order valence-corrected chi connectivity index (χ3v) is 10.9. The van der Waals surface area contributed by atoms with Crippen LogP contribution in [0.3, 0.4) is 0 Å². The van der Waals surface area contributed by atoms with Crippen molar-refractivity contribution in [2.75, 3.05) is 50.9 Å². The molecule has 1 aromatic heterocycles. The zero-order valence-corrected chi connectivity index (χ0v) is 32.9. The average molecular weight is 825 g/mol. The van der Waals surface area contributed by atoms with Crippen LogP contribution in [0.15, 0.2) is 35.7 Å². The number of morpholine rings is 1. The molecule has 2 atom stereocenters. The Kier molecular flexibility index (Phi) is 14.4. The quantitative estimate of drug-likeness (QED) is 0.117. The lowest BCUT2D eigenvalue weighted by Gasteiger charge is -2.27. The van der Waals surface area contributed by atoms with Crippen molar-refractivity contribution < 1.29 is 51.8 Å². The first kappa shape index (κ1) is 42.1. The van der Waals surface area contributed by atoms with Crippen LogP contribution in [0, 0.1) is 11.6 Å². The van der Waals surface area contributed by atoms with Gasteiger partial charge in [-0.2, -0.15) is 4.39 Å². The third kappa shape index (κ3) is 10.3. The Morgan fingerprint density at radius 1 is 0.983 bits per heavy atom. The second kappa shape index (κ2) is 19.8. The SMILES string of the molecule is CC(=O)NCC(CCCCCCCCNC(=O)COc1cccc2c1C(=O)N(C1CCC(=O)NC1=O)C2=O)Oc1c(-c2csc(N3CCOCC3)n2)ccc(F)c1F. The van der Waals surface area contributed by atoms with Crippen LogP contribution in [0.4, 0.5) is 13.9 Å². The lowest BCUT2D eigenvalue weighted by atomic mass is 10.0. The summed E-state index contributed by atoms with van der Waals surface area (Å²) in [5.41, 5.74) is 0.825. The van der Waals surface area contributed by atoms with Crippen molar-refractivity contribution in [2.24, 2.45) is 0 Å². The van der Waals surface area contributed by atoms with Crippen molar-refractivity contribution in [3.8, 4) is 22.8 Å². The predicted molar refractivity (Wildman–Crippen MR) is 208 cm³/mol. The number of nitrogens with zero attached hydrogens (tertiary/aromatic N) is 3. The standard InChI is InChI=1S/C40H46F2N6O9S/c1-24(49)44-21-25(57-36-26(12-13-28(41)35(36)42)29-23-58-40(45-29)47-17-19-55-20-18-47)9-6-4-2-3-5-7-16-43-33(51)22-56-31-11-8-10-27-34(31)39(54)48(38(27)53)30-14-15-32(50)46-37(30)52/h8,10-13,23,25,30H,2-7,9,14-22H2,1H3,(H,43,51)(H,44,49)(H,46,50,52). The molecule has 2 unspecified atom stereocenters.